The molecule has 1 aromatic rings. The highest BCUT2D eigenvalue weighted by molar-refractivity contribution is 5.79. The zero-order valence-corrected chi connectivity index (χ0v) is 12.1. The topological polar surface area (TPSA) is 61.8 Å². The van der Waals surface area contributed by atoms with E-state index in [0.29, 0.717) is 13.2 Å². The fraction of sp³-hybridized carbons (Fsp3) is 0.538. The van der Waals surface area contributed by atoms with Gasteiger partial charge in [0.25, 0.3) is 0 Å². The molecule has 0 amide bonds. The molecule has 0 atom stereocenters. The molecule has 19 heavy (non-hydrogen) atoms. The molecule has 6 heteroatoms. The summed E-state index contributed by atoms with van der Waals surface area (Å²) in [4.78, 5) is 10.5. The molecule has 0 saturated heterocycles. The highest BCUT2D eigenvalue weighted by atomic mass is 16.5. The first-order chi connectivity index (χ1) is 9.19. The van der Waals surface area contributed by atoms with Crippen LogP contribution in [-0.2, 0) is 11.3 Å². The van der Waals surface area contributed by atoms with Crippen molar-refractivity contribution in [2.45, 2.75) is 6.54 Å². The highest BCUT2D eigenvalue weighted by Gasteiger charge is 2.05. The molecule has 2 N–H and O–H groups in total. The summed E-state index contributed by atoms with van der Waals surface area (Å²) in [6, 6.07) is 3.99. The minimum atomic E-state index is 0.649. The first-order valence-electron chi connectivity index (χ1n) is 6.23. The Hall–Kier alpha value is -1.82. The van der Waals surface area contributed by atoms with Gasteiger partial charge in [-0.3, -0.25) is 4.99 Å². The first kappa shape index (κ1) is 15.2. The Morgan fingerprint density at radius 3 is 2.84 bits per heavy atom. The molecule has 1 aromatic heterocycles. The third-order valence-electron chi connectivity index (χ3n) is 2.56. The first-order valence-corrected chi connectivity index (χ1v) is 6.23. The largest absolute Gasteiger partial charge is 0.383 e. The molecule has 0 aliphatic rings. The maximum atomic E-state index is 4.99. The number of hydrogen-bond acceptors (Lipinski definition) is 4. The summed E-state index contributed by atoms with van der Waals surface area (Å²) in [6.45, 7) is 2.05. The van der Waals surface area contributed by atoms with E-state index < -0.39 is 0 Å². The maximum absolute atomic E-state index is 4.99. The molecule has 0 aromatic carbocycles. The van der Waals surface area contributed by atoms with Gasteiger partial charge in [-0.05, 0) is 6.07 Å². The fourth-order valence-corrected chi connectivity index (χ4v) is 1.64. The second kappa shape index (κ2) is 8.31. The minimum Gasteiger partial charge on any atom is -0.383 e. The van der Waals surface area contributed by atoms with Crippen molar-refractivity contribution in [3.63, 3.8) is 0 Å². The average Bonchev–Trinajstić information content (AvgIpc) is 2.43. The van der Waals surface area contributed by atoms with Crippen LogP contribution in [0, 0.1) is 0 Å². The van der Waals surface area contributed by atoms with Gasteiger partial charge < -0.3 is 20.3 Å². The number of rotatable bonds is 6. The van der Waals surface area contributed by atoms with Crippen LogP contribution in [0.3, 0.4) is 0 Å². The molecule has 6 nitrogen and oxygen atoms in total. The second-order valence-corrected chi connectivity index (χ2v) is 4.23. The Morgan fingerprint density at radius 1 is 1.42 bits per heavy atom. The Balaban J connectivity index is 2.55. The highest BCUT2D eigenvalue weighted by Crippen LogP contribution is 2.13. The van der Waals surface area contributed by atoms with Crippen LogP contribution in [0.1, 0.15) is 5.56 Å². The van der Waals surface area contributed by atoms with E-state index in [0.717, 1.165) is 23.9 Å². The molecule has 0 fully saturated rings. The molecular formula is C13H23N5O. The van der Waals surface area contributed by atoms with Crippen molar-refractivity contribution in [2.24, 2.45) is 4.99 Å². The van der Waals surface area contributed by atoms with Gasteiger partial charge in [0.15, 0.2) is 5.96 Å². The summed E-state index contributed by atoms with van der Waals surface area (Å²) in [5.74, 6) is 1.72. The van der Waals surface area contributed by atoms with Crippen molar-refractivity contribution in [3.05, 3.63) is 23.9 Å². The van der Waals surface area contributed by atoms with Gasteiger partial charge in [0, 0.05) is 53.1 Å². The number of aliphatic imine (C=N–C) groups is 1. The summed E-state index contributed by atoms with van der Waals surface area (Å²) < 4.78 is 4.99. The van der Waals surface area contributed by atoms with E-state index in [1.165, 1.54) is 0 Å². The van der Waals surface area contributed by atoms with Crippen LogP contribution in [0.2, 0.25) is 0 Å². The number of nitrogens with one attached hydrogen (secondary N) is 2. The predicted octanol–water partition coefficient (Wildman–Crippen LogP) is 0.459. The van der Waals surface area contributed by atoms with Gasteiger partial charge in [0.05, 0.1) is 6.61 Å². The van der Waals surface area contributed by atoms with Crippen LogP contribution in [-0.4, -0.2) is 52.3 Å². The third kappa shape index (κ3) is 5.13. The van der Waals surface area contributed by atoms with Gasteiger partial charge >= 0.3 is 0 Å². The van der Waals surface area contributed by atoms with E-state index in [9.17, 15) is 0 Å². The van der Waals surface area contributed by atoms with Crippen LogP contribution in [0.15, 0.2) is 23.3 Å². The molecule has 0 bridgehead atoms. The smallest absolute Gasteiger partial charge is 0.191 e. The lowest BCUT2D eigenvalue weighted by Crippen LogP contribution is -2.38. The number of anilines is 1. The van der Waals surface area contributed by atoms with Gasteiger partial charge in [-0.2, -0.15) is 0 Å². The summed E-state index contributed by atoms with van der Waals surface area (Å²) >= 11 is 0. The molecule has 0 aliphatic heterocycles. The van der Waals surface area contributed by atoms with E-state index in [4.69, 9.17) is 4.74 Å². The van der Waals surface area contributed by atoms with E-state index >= 15 is 0 Å². The Kier molecular flexibility index (Phi) is 6.67. The van der Waals surface area contributed by atoms with E-state index in [1.807, 2.05) is 25.1 Å². The van der Waals surface area contributed by atoms with Crippen LogP contribution in [0.25, 0.3) is 0 Å². The lowest BCUT2D eigenvalue weighted by atomic mass is 10.2. The van der Waals surface area contributed by atoms with Crippen LogP contribution in [0.4, 0.5) is 5.82 Å². The number of ether oxygens (including phenoxy) is 1. The molecule has 0 radical (unpaired) electrons. The van der Waals surface area contributed by atoms with Crippen molar-refractivity contribution in [1.29, 1.82) is 0 Å². The zero-order valence-electron chi connectivity index (χ0n) is 12.1. The summed E-state index contributed by atoms with van der Waals surface area (Å²) in [5.41, 5.74) is 1.13. The second-order valence-electron chi connectivity index (χ2n) is 4.23. The Labute approximate surface area is 114 Å². The summed E-state index contributed by atoms with van der Waals surface area (Å²) in [7, 11) is 7.39. The normalized spacial score (nSPS) is 11.3. The SMILES string of the molecule is CN=C(NCCOC)NCc1cccnc1N(C)C. The lowest BCUT2D eigenvalue weighted by Gasteiger charge is -2.17. The number of methoxy groups -OCH3 is 1. The van der Waals surface area contributed by atoms with E-state index in [-0.39, 0.29) is 0 Å². The third-order valence-corrected chi connectivity index (χ3v) is 2.56. The van der Waals surface area contributed by atoms with Gasteiger partial charge in [-0.25, -0.2) is 4.98 Å². The quantitative estimate of drug-likeness (QED) is 0.444. The van der Waals surface area contributed by atoms with Gasteiger partial charge in [-0.15, -0.1) is 0 Å². The molecule has 0 spiro atoms. The number of pyridine rings is 1. The zero-order chi connectivity index (χ0) is 14.1. The molecule has 1 rings (SSSR count). The minimum absolute atomic E-state index is 0.649. The fourth-order valence-electron chi connectivity index (χ4n) is 1.64. The molecule has 1 heterocycles. The lowest BCUT2D eigenvalue weighted by molar-refractivity contribution is 0.203. The van der Waals surface area contributed by atoms with Crippen molar-refractivity contribution in [2.75, 3.05) is 46.3 Å². The van der Waals surface area contributed by atoms with Crippen LogP contribution in [0.5, 0.6) is 0 Å². The number of nitrogens with zero attached hydrogens (tertiary/aromatic N) is 3. The average molecular weight is 265 g/mol. The maximum Gasteiger partial charge on any atom is 0.191 e. The van der Waals surface area contributed by atoms with E-state index in [2.05, 4.69) is 26.7 Å². The summed E-state index contributed by atoms with van der Waals surface area (Å²) in [5, 5.41) is 6.43. The van der Waals surface area contributed by atoms with Crippen molar-refractivity contribution < 1.29 is 4.74 Å². The van der Waals surface area contributed by atoms with Gasteiger partial charge in [0.1, 0.15) is 5.82 Å². The molecular weight excluding hydrogens is 242 g/mol. The number of hydrogen-bond donors (Lipinski definition) is 2. The molecule has 0 aliphatic carbocycles. The van der Waals surface area contributed by atoms with Gasteiger partial charge in [0.2, 0.25) is 0 Å². The van der Waals surface area contributed by atoms with Crippen molar-refractivity contribution in [3.8, 4) is 0 Å². The van der Waals surface area contributed by atoms with Gasteiger partial charge in [-0.1, -0.05) is 6.07 Å². The standard InChI is InChI=1S/C13H23N5O/c1-14-13(16-8-9-19-4)17-10-11-6-5-7-15-12(11)18(2)3/h5-7H,8-10H2,1-4H3,(H2,14,16,17). The van der Waals surface area contributed by atoms with Crippen LogP contribution >= 0.6 is 0 Å². The monoisotopic (exact) mass is 265 g/mol. The van der Waals surface area contributed by atoms with Crippen molar-refractivity contribution >= 4 is 11.8 Å². The molecule has 0 unspecified atom stereocenters. The Bertz CT molecular complexity index is 406. The van der Waals surface area contributed by atoms with Crippen LogP contribution < -0.4 is 15.5 Å². The predicted molar refractivity (Wildman–Crippen MR) is 78.6 cm³/mol. The number of guanidine groups is 1. The van der Waals surface area contributed by atoms with Crippen molar-refractivity contribution in [1.82, 2.24) is 15.6 Å². The Morgan fingerprint density at radius 2 is 2.21 bits per heavy atom. The molecule has 0 saturated carbocycles. The van der Waals surface area contributed by atoms with E-state index in [1.54, 1.807) is 20.4 Å². The number of aromatic nitrogens is 1. The summed E-state index contributed by atoms with van der Waals surface area (Å²) in [6.07, 6.45) is 1.80. The molecule has 106 valence electrons.